The maximum Gasteiger partial charge on any atom is 0.410 e. The zero-order chi connectivity index (χ0) is 22.2. The molecule has 29 heavy (non-hydrogen) atoms. The lowest BCUT2D eigenvalue weighted by Gasteiger charge is -2.21. The van der Waals surface area contributed by atoms with Crippen molar-refractivity contribution >= 4 is 22.9 Å². The summed E-state index contributed by atoms with van der Waals surface area (Å²) in [5.41, 5.74) is -1.19. The topological polar surface area (TPSA) is 238 Å². The van der Waals surface area contributed by atoms with Crippen molar-refractivity contribution < 1.29 is 47.6 Å². The second kappa shape index (κ2) is 8.66. The van der Waals surface area contributed by atoms with Crippen molar-refractivity contribution in [2.75, 3.05) is 12.5 Å². The molecule has 0 saturated carbocycles. The van der Waals surface area contributed by atoms with E-state index in [1.807, 2.05) is 0 Å². The zero-order valence-electron chi connectivity index (χ0n) is 14.8. The van der Waals surface area contributed by atoms with Crippen molar-refractivity contribution in [3.05, 3.63) is 32.6 Å². The van der Waals surface area contributed by atoms with E-state index < -0.39 is 65.1 Å². The maximum atomic E-state index is 11.9. The van der Waals surface area contributed by atoms with Gasteiger partial charge in [-0.25, -0.2) is 9.36 Å². The molecule has 1 aliphatic rings. The Morgan fingerprint density at radius 3 is 2.48 bits per heavy atom. The Kier molecular flexibility index (Phi) is 7.26. The van der Waals surface area contributed by atoms with E-state index in [-0.39, 0.29) is 12.0 Å². The Bertz CT molecular complexity index is 1010. The molecule has 1 saturated heterocycles. The van der Waals surface area contributed by atoms with Crippen LogP contribution in [0.15, 0.2) is 15.8 Å². The van der Waals surface area contributed by atoms with Gasteiger partial charge in [-0.05, 0) is 6.92 Å². The first-order chi connectivity index (χ1) is 13.1. The summed E-state index contributed by atoms with van der Waals surface area (Å²) in [6.45, 7) is 0.685. The van der Waals surface area contributed by atoms with Gasteiger partial charge < -0.3 is 29.4 Å². The van der Waals surface area contributed by atoms with Gasteiger partial charge in [-0.2, -0.15) is 0 Å². The molecule has 0 radical (unpaired) electrons. The molecule has 166 valence electrons. The van der Waals surface area contributed by atoms with E-state index in [4.69, 9.17) is 14.5 Å². The third kappa shape index (κ3) is 7.06. The summed E-state index contributed by atoms with van der Waals surface area (Å²) < 4.78 is 45.3. The minimum Gasteiger partial charge on any atom is -0.390 e. The van der Waals surface area contributed by atoms with Crippen molar-refractivity contribution in [2.45, 2.75) is 31.8 Å². The third-order valence-electron chi connectivity index (χ3n) is 3.73. The number of aliphatic hydroxyl groups is 1. The molecule has 18 heteroatoms. The Morgan fingerprint density at radius 2 is 1.90 bits per heavy atom. The van der Waals surface area contributed by atoms with Crippen molar-refractivity contribution in [1.29, 1.82) is 0 Å². The SMILES string of the molecule is Cc1cn([C@H]2C[C@H](O)[C@@H](COP(=O)(O)NP(=O)(O)CP(=O)(O)O)O2)c(=O)[nH]c1=O. The predicted molar refractivity (Wildman–Crippen MR) is 96.2 cm³/mol. The quantitative estimate of drug-likeness (QED) is 0.211. The van der Waals surface area contributed by atoms with Gasteiger partial charge in [0.05, 0.1) is 12.7 Å². The number of aromatic nitrogens is 2. The third-order valence-corrected chi connectivity index (χ3v) is 9.50. The van der Waals surface area contributed by atoms with Gasteiger partial charge in [0.15, 0.2) is 0 Å². The minimum atomic E-state index is -5.01. The highest BCUT2D eigenvalue weighted by Crippen LogP contribution is 2.58. The highest BCUT2D eigenvalue weighted by atomic mass is 31.3. The average Bonchev–Trinajstić information content (AvgIpc) is 2.86. The van der Waals surface area contributed by atoms with Crippen LogP contribution in [-0.2, 0) is 23.0 Å². The highest BCUT2D eigenvalue weighted by Gasteiger charge is 2.40. The molecular formula is C11H20N3O12P3. The van der Waals surface area contributed by atoms with Crippen LogP contribution in [0.2, 0.25) is 0 Å². The van der Waals surface area contributed by atoms with Gasteiger partial charge in [0.25, 0.3) is 13.1 Å². The van der Waals surface area contributed by atoms with E-state index in [2.05, 4.69) is 9.51 Å². The van der Waals surface area contributed by atoms with Crippen LogP contribution in [0.5, 0.6) is 0 Å². The molecule has 1 aliphatic heterocycles. The number of hydrogen-bond acceptors (Lipinski definition) is 8. The monoisotopic (exact) mass is 479 g/mol. The molecule has 0 bridgehead atoms. The number of ether oxygens (including phenoxy) is 1. The van der Waals surface area contributed by atoms with Gasteiger partial charge in [-0.15, -0.1) is 4.86 Å². The minimum absolute atomic E-state index is 0.126. The second-order valence-electron chi connectivity index (χ2n) is 6.33. The number of H-pyrrole nitrogens is 1. The Labute approximate surface area is 162 Å². The van der Waals surface area contributed by atoms with E-state index >= 15 is 0 Å². The van der Waals surface area contributed by atoms with Gasteiger partial charge >= 0.3 is 21.0 Å². The molecular weight excluding hydrogens is 459 g/mol. The maximum absolute atomic E-state index is 11.9. The van der Waals surface area contributed by atoms with Crippen LogP contribution in [0.1, 0.15) is 18.2 Å². The number of aryl methyl sites for hydroxylation is 1. The molecule has 2 rings (SSSR count). The van der Waals surface area contributed by atoms with Gasteiger partial charge in [-0.3, -0.25) is 28.0 Å². The van der Waals surface area contributed by atoms with Gasteiger partial charge in [-0.1, -0.05) is 0 Å². The molecule has 7 N–H and O–H groups in total. The van der Waals surface area contributed by atoms with Crippen LogP contribution < -0.4 is 16.1 Å². The number of aromatic amines is 1. The molecule has 2 heterocycles. The Morgan fingerprint density at radius 1 is 1.28 bits per heavy atom. The lowest BCUT2D eigenvalue weighted by Crippen LogP contribution is -2.33. The average molecular weight is 479 g/mol. The lowest BCUT2D eigenvalue weighted by atomic mass is 10.2. The van der Waals surface area contributed by atoms with Crippen molar-refractivity contribution in [1.82, 2.24) is 14.4 Å². The molecule has 0 aromatic carbocycles. The van der Waals surface area contributed by atoms with Crippen molar-refractivity contribution in [2.24, 2.45) is 0 Å². The summed E-state index contributed by atoms with van der Waals surface area (Å²) in [4.78, 5) is 63.0. The van der Waals surface area contributed by atoms with Crippen LogP contribution in [0.4, 0.5) is 0 Å². The second-order valence-corrected chi connectivity index (χ2v) is 12.3. The molecule has 0 spiro atoms. The van der Waals surface area contributed by atoms with E-state index in [1.54, 1.807) is 0 Å². The number of nitrogens with zero attached hydrogens (tertiary/aromatic N) is 1. The number of hydrogen-bond donors (Lipinski definition) is 7. The summed E-state index contributed by atoms with van der Waals surface area (Å²) in [6.07, 6.45) is -2.41. The van der Waals surface area contributed by atoms with Crippen LogP contribution >= 0.6 is 22.9 Å². The number of rotatable bonds is 8. The summed E-state index contributed by atoms with van der Waals surface area (Å²) in [6, 6.07) is 0. The lowest BCUT2D eigenvalue weighted by molar-refractivity contribution is -0.0426. The molecule has 1 fully saturated rings. The Balaban J connectivity index is 2.03. The molecule has 0 aliphatic carbocycles. The molecule has 2 unspecified atom stereocenters. The first-order valence-electron chi connectivity index (χ1n) is 7.87. The summed E-state index contributed by atoms with van der Waals surface area (Å²) >= 11 is 0. The molecule has 1 aromatic heterocycles. The van der Waals surface area contributed by atoms with Crippen LogP contribution in [0.25, 0.3) is 0 Å². The summed E-state index contributed by atoms with van der Waals surface area (Å²) in [7, 11) is -14.9. The van der Waals surface area contributed by atoms with Crippen LogP contribution in [-0.4, -0.2) is 58.9 Å². The van der Waals surface area contributed by atoms with Crippen LogP contribution in [0, 0.1) is 6.92 Å². The zero-order valence-corrected chi connectivity index (χ0v) is 17.5. The first kappa shape index (κ1) is 24.3. The van der Waals surface area contributed by atoms with Gasteiger partial charge in [0.2, 0.25) is 0 Å². The van der Waals surface area contributed by atoms with Crippen molar-refractivity contribution in [3.63, 3.8) is 0 Å². The van der Waals surface area contributed by atoms with E-state index in [0.717, 1.165) is 4.57 Å². The fourth-order valence-corrected chi connectivity index (χ4v) is 7.50. The van der Waals surface area contributed by atoms with Crippen LogP contribution in [0.3, 0.4) is 0 Å². The fourth-order valence-electron chi connectivity index (χ4n) is 2.52. The predicted octanol–water partition coefficient (Wildman–Crippen LogP) is -1.48. The molecule has 15 nitrogen and oxygen atoms in total. The standard InChI is InChI=1S/C11H20N3O12P3/c1-6-3-14(11(17)12-10(6)16)9-2-7(15)8(26-9)4-25-29(23,24)13-27(18,19)5-28(20,21)22/h3,7-9,15H,2,4-5H2,1H3,(H,12,16,17)(H2,20,21,22)(H3,13,18,19,23,24)/t7-,8+,9+/m0/s1. The Hall–Kier alpha value is -0.950. The molecule has 0 amide bonds. The normalized spacial score (nSPS) is 26.8. The summed E-state index contributed by atoms with van der Waals surface area (Å²) in [5, 5.41) is 10.0. The molecule has 1 aromatic rings. The van der Waals surface area contributed by atoms with Crippen molar-refractivity contribution in [3.8, 4) is 0 Å². The highest BCUT2D eigenvalue weighted by molar-refractivity contribution is 7.77. The van der Waals surface area contributed by atoms with Gasteiger partial charge in [0, 0.05) is 18.2 Å². The van der Waals surface area contributed by atoms with Gasteiger partial charge in [0.1, 0.15) is 18.2 Å². The molecule has 5 atom stereocenters. The largest absolute Gasteiger partial charge is 0.410 e. The van der Waals surface area contributed by atoms with E-state index in [1.165, 1.54) is 18.0 Å². The first-order valence-corrected chi connectivity index (χ1v) is 13.1. The van der Waals surface area contributed by atoms with E-state index in [0.29, 0.717) is 0 Å². The van der Waals surface area contributed by atoms with E-state index in [9.17, 15) is 38.2 Å². The fraction of sp³-hybridized carbons (Fsp3) is 0.636. The number of nitrogens with one attached hydrogen (secondary N) is 2. The summed E-state index contributed by atoms with van der Waals surface area (Å²) in [5.74, 6) is -1.59. The number of aliphatic hydroxyl groups excluding tert-OH is 1. The smallest absolute Gasteiger partial charge is 0.390 e.